The molecule has 0 radical (unpaired) electrons. The van der Waals surface area contributed by atoms with Gasteiger partial charge < -0.3 is 11.1 Å². The van der Waals surface area contributed by atoms with Crippen LogP contribution in [0, 0.1) is 17.7 Å². The molecule has 3 atom stereocenters. The van der Waals surface area contributed by atoms with Gasteiger partial charge >= 0.3 is 0 Å². The highest BCUT2D eigenvalue weighted by Crippen LogP contribution is 2.37. The van der Waals surface area contributed by atoms with Crippen LogP contribution in [-0.2, 0) is 14.3 Å². The Morgan fingerprint density at radius 3 is 2.62 bits per heavy atom. The third kappa shape index (κ3) is 5.54. The van der Waals surface area contributed by atoms with Gasteiger partial charge in [0.15, 0.2) is 5.82 Å². The first-order chi connectivity index (χ1) is 13.6. The van der Waals surface area contributed by atoms with E-state index in [4.69, 9.17) is 9.92 Å². The van der Waals surface area contributed by atoms with Crippen molar-refractivity contribution in [3.05, 3.63) is 41.8 Å². The molecule has 8 nitrogen and oxygen atoms in total. The van der Waals surface area contributed by atoms with E-state index in [0.29, 0.717) is 11.5 Å². The number of anilines is 2. The number of nitrogens with one attached hydrogen (secondary N) is 1. The van der Waals surface area contributed by atoms with Gasteiger partial charge in [-0.3, -0.25) is 13.7 Å². The van der Waals surface area contributed by atoms with E-state index >= 15 is 0 Å². The summed E-state index contributed by atoms with van der Waals surface area (Å²) >= 11 is 0. The van der Waals surface area contributed by atoms with Crippen molar-refractivity contribution in [3.8, 4) is 0 Å². The first kappa shape index (κ1) is 21.3. The van der Waals surface area contributed by atoms with Crippen molar-refractivity contribution in [2.75, 3.05) is 18.2 Å². The van der Waals surface area contributed by atoms with Gasteiger partial charge in [-0.15, -0.1) is 0 Å². The van der Waals surface area contributed by atoms with Crippen LogP contribution in [0.5, 0.6) is 0 Å². The maximum absolute atomic E-state index is 13.1. The number of primary amides is 1. The van der Waals surface area contributed by atoms with Gasteiger partial charge in [-0.05, 0) is 55.4 Å². The number of nitrogens with zero attached hydrogens (tertiary/aromatic N) is 2. The van der Waals surface area contributed by atoms with Crippen molar-refractivity contribution in [2.24, 2.45) is 17.6 Å². The smallest absolute Gasteiger partial charge is 0.264 e. The maximum Gasteiger partial charge on any atom is 0.264 e. The van der Waals surface area contributed by atoms with Crippen LogP contribution in [-0.4, -0.2) is 37.0 Å². The summed E-state index contributed by atoms with van der Waals surface area (Å²) < 4.78 is 42.2. The Labute approximate surface area is 169 Å². The molecule has 158 valence electrons. The lowest BCUT2D eigenvalue weighted by Gasteiger charge is -2.34. The van der Waals surface area contributed by atoms with Crippen LogP contribution in [0.4, 0.5) is 15.9 Å². The summed E-state index contributed by atoms with van der Waals surface area (Å²) in [4.78, 5) is 11.9. The fourth-order valence-corrected chi connectivity index (χ4v) is 4.20. The van der Waals surface area contributed by atoms with Crippen molar-refractivity contribution >= 4 is 27.5 Å². The van der Waals surface area contributed by atoms with Crippen molar-refractivity contribution in [1.29, 1.82) is 0 Å². The third-order valence-electron chi connectivity index (χ3n) is 5.19. The molecule has 0 aliphatic heterocycles. The van der Waals surface area contributed by atoms with Crippen LogP contribution in [0.3, 0.4) is 0 Å². The Morgan fingerprint density at radius 1 is 1.34 bits per heavy atom. The van der Waals surface area contributed by atoms with Crippen molar-refractivity contribution in [1.82, 2.24) is 9.78 Å². The van der Waals surface area contributed by atoms with Gasteiger partial charge in [-0.25, -0.2) is 4.39 Å². The van der Waals surface area contributed by atoms with Crippen LogP contribution in [0.1, 0.15) is 42.6 Å². The van der Waals surface area contributed by atoms with Gasteiger partial charge in [-0.2, -0.15) is 13.5 Å². The minimum Gasteiger partial charge on any atom is -0.365 e. The van der Waals surface area contributed by atoms with Crippen LogP contribution < -0.4 is 11.1 Å². The highest BCUT2D eigenvalue weighted by Gasteiger charge is 2.31. The summed E-state index contributed by atoms with van der Waals surface area (Å²) in [6, 6.07) is 5.77. The summed E-state index contributed by atoms with van der Waals surface area (Å²) in [6.07, 6.45) is 5.02. The van der Waals surface area contributed by atoms with E-state index in [1.807, 2.05) is 0 Å². The van der Waals surface area contributed by atoms with Crippen molar-refractivity contribution in [2.45, 2.75) is 32.2 Å². The minimum absolute atomic E-state index is 0.0475. The zero-order chi connectivity index (χ0) is 21.2. The minimum atomic E-state index is -3.45. The lowest BCUT2D eigenvalue weighted by atomic mass is 9.79. The number of nitrogens with two attached hydrogens (primary N) is 1. The number of hydrogen-bond acceptors (Lipinski definition) is 6. The van der Waals surface area contributed by atoms with Gasteiger partial charge in [0.1, 0.15) is 11.4 Å². The quantitative estimate of drug-likeness (QED) is 0.660. The largest absolute Gasteiger partial charge is 0.365 e. The van der Waals surface area contributed by atoms with Crippen molar-refractivity contribution < 1.29 is 21.8 Å². The number of benzene rings is 1. The second kappa shape index (κ2) is 8.50. The SMILES string of the molecule is C[C@@H]1CC(COS(C)(=O)=O)CC[C@H]1n1cc(C(N)=O)c(Nc2ccc(F)cc2)n1. The molecule has 1 heterocycles. The molecule has 1 aromatic carbocycles. The average Bonchev–Trinajstić information content (AvgIpc) is 3.05. The van der Waals surface area contributed by atoms with Crippen LogP contribution in [0.25, 0.3) is 0 Å². The van der Waals surface area contributed by atoms with Crippen LogP contribution >= 0.6 is 0 Å². The lowest BCUT2D eigenvalue weighted by Crippen LogP contribution is -2.28. The predicted molar refractivity (Wildman–Crippen MR) is 107 cm³/mol. The highest BCUT2D eigenvalue weighted by molar-refractivity contribution is 7.85. The van der Waals surface area contributed by atoms with Crippen LogP contribution in [0.2, 0.25) is 0 Å². The van der Waals surface area contributed by atoms with E-state index in [-0.39, 0.29) is 35.9 Å². The number of amides is 1. The first-order valence-corrected chi connectivity index (χ1v) is 11.2. The summed E-state index contributed by atoms with van der Waals surface area (Å²) in [5.41, 5.74) is 6.35. The Bertz CT molecular complexity index is 975. The van der Waals surface area contributed by atoms with E-state index < -0.39 is 16.0 Å². The summed E-state index contributed by atoms with van der Waals surface area (Å²) in [5, 5.41) is 7.53. The molecular formula is C19H25FN4O4S. The monoisotopic (exact) mass is 424 g/mol. The summed E-state index contributed by atoms with van der Waals surface area (Å²) in [5.74, 6) is -0.292. The molecular weight excluding hydrogens is 399 g/mol. The Morgan fingerprint density at radius 2 is 2.03 bits per heavy atom. The fraction of sp³-hybridized carbons (Fsp3) is 0.474. The number of aromatic nitrogens is 2. The molecule has 3 rings (SSSR count). The molecule has 2 aromatic rings. The molecule has 1 aliphatic carbocycles. The molecule has 0 spiro atoms. The number of hydrogen-bond donors (Lipinski definition) is 2. The topological polar surface area (TPSA) is 116 Å². The molecule has 1 aromatic heterocycles. The molecule has 0 saturated heterocycles. The first-order valence-electron chi connectivity index (χ1n) is 9.38. The molecule has 1 unspecified atom stereocenters. The van der Waals surface area contributed by atoms with E-state index in [1.54, 1.807) is 23.0 Å². The summed E-state index contributed by atoms with van der Waals surface area (Å²) in [6.45, 7) is 2.24. The molecule has 0 bridgehead atoms. The van der Waals surface area contributed by atoms with Crippen LogP contribution in [0.15, 0.2) is 30.5 Å². The molecule has 1 fully saturated rings. The molecule has 1 amide bonds. The molecule has 1 aliphatic rings. The van der Waals surface area contributed by atoms with Gasteiger partial charge in [0, 0.05) is 11.9 Å². The van der Waals surface area contributed by atoms with Crippen molar-refractivity contribution in [3.63, 3.8) is 0 Å². The third-order valence-corrected chi connectivity index (χ3v) is 5.76. The van der Waals surface area contributed by atoms with E-state index in [9.17, 15) is 17.6 Å². The fourth-order valence-electron chi connectivity index (χ4n) is 3.76. The number of carbonyl (C=O) groups is 1. The van der Waals surface area contributed by atoms with E-state index in [1.165, 1.54) is 12.1 Å². The van der Waals surface area contributed by atoms with Gasteiger partial charge in [0.05, 0.1) is 18.9 Å². The van der Waals surface area contributed by atoms with E-state index in [2.05, 4.69) is 17.3 Å². The number of rotatable bonds is 7. The zero-order valence-corrected chi connectivity index (χ0v) is 17.2. The van der Waals surface area contributed by atoms with Gasteiger partial charge in [0.2, 0.25) is 0 Å². The molecule has 1 saturated carbocycles. The normalized spacial score (nSPS) is 22.4. The predicted octanol–water partition coefficient (Wildman–Crippen LogP) is 2.82. The Balaban J connectivity index is 1.74. The average molecular weight is 424 g/mol. The van der Waals surface area contributed by atoms with Gasteiger partial charge in [0.25, 0.3) is 16.0 Å². The zero-order valence-electron chi connectivity index (χ0n) is 16.3. The number of halogens is 1. The molecule has 3 N–H and O–H groups in total. The van der Waals surface area contributed by atoms with Gasteiger partial charge in [-0.1, -0.05) is 6.92 Å². The van der Waals surface area contributed by atoms with E-state index in [0.717, 1.165) is 25.5 Å². The summed E-state index contributed by atoms with van der Waals surface area (Å²) in [7, 11) is -3.45. The Kier molecular flexibility index (Phi) is 6.23. The molecule has 29 heavy (non-hydrogen) atoms. The lowest BCUT2D eigenvalue weighted by molar-refractivity contribution is 0.100. The molecule has 10 heteroatoms. The number of carbonyl (C=O) groups excluding carboxylic acids is 1. The highest BCUT2D eigenvalue weighted by atomic mass is 32.2. The standard InChI is InChI=1S/C19H25FN4O4S/c1-12-9-13(11-28-29(2,26)27)3-8-17(12)24-10-16(18(21)25)19(23-24)22-15-6-4-14(20)5-7-15/h4-7,10,12-13,17H,3,8-9,11H2,1-2H3,(H2,21,25)(H,22,23)/t12-,13?,17-/m1/s1. The maximum atomic E-state index is 13.1. The second-order valence-electron chi connectivity index (χ2n) is 7.58. The Hall–Kier alpha value is -2.46. The second-order valence-corrected chi connectivity index (χ2v) is 9.22.